The van der Waals surface area contributed by atoms with Crippen molar-refractivity contribution in [2.45, 2.75) is 44.8 Å². The third kappa shape index (κ3) is 4.00. The quantitative estimate of drug-likeness (QED) is 0.645. The number of hydrogen-bond acceptors (Lipinski definition) is 4. The Kier molecular flexibility index (Phi) is 5.46. The van der Waals surface area contributed by atoms with Gasteiger partial charge in [-0.3, -0.25) is 14.5 Å². The summed E-state index contributed by atoms with van der Waals surface area (Å²) in [6, 6.07) is 11.8. The first-order valence-corrected chi connectivity index (χ1v) is 10.7. The molecule has 2 amide bonds. The van der Waals surface area contributed by atoms with Gasteiger partial charge in [0.1, 0.15) is 0 Å². The largest absolute Gasteiger partial charge is 0.341 e. The highest BCUT2D eigenvalue weighted by Gasteiger charge is 2.45. The first-order valence-electron chi connectivity index (χ1n) is 9.12. The van der Waals surface area contributed by atoms with Crippen LogP contribution in [0.3, 0.4) is 0 Å². The predicted octanol–water partition coefficient (Wildman–Crippen LogP) is 5.52. The second-order valence-corrected chi connectivity index (χ2v) is 10.3. The summed E-state index contributed by atoms with van der Waals surface area (Å²) in [5.41, 5.74) is 1.64. The van der Waals surface area contributed by atoms with E-state index in [1.807, 2.05) is 13.8 Å². The van der Waals surface area contributed by atoms with Crippen LogP contribution in [0.25, 0.3) is 0 Å². The molecule has 0 saturated heterocycles. The van der Waals surface area contributed by atoms with Crippen molar-refractivity contribution >= 4 is 42.5 Å². The molecule has 0 aromatic heterocycles. The first kappa shape index (κ1) is 21.3. The van der Waals surface area contributed by atoms with Gasteiger partial charge < -0.3 is 5.32 Å². The summed E-state index contributed by atoms with van der Waals surface area (Å²) in [6.45, 7) is 6.82. The van der Waals surface area contributed by atoms with Crippen LogP contribution in [0.5, 0.6) is 0 Å². The Morgan fingerprint density at radius 3 is 2.48 bits per heavy atom. The Morgan fingerprint density at radius 1 is 1.17 bits per heavy atom. The Labute approximate surface area is 175 Å². The second kappa shape index (κ2) is 7.43. The molecule has 3 rings (SSSR count). The zero-order chi connectivity index (χ0) is 21.6. The summed E-state index contributed by atoms with van der Waals surface area (Å²) in [6.07, 6.45) is 0.181. The minimum atomic E-state index is -2.93. The van der Waals surface area contributed by atoms with Gasteiger partial charge in [0.25, 0.3) is 5.91 Å². The molecule has 0 spiro atoms. The molecule has 2 aromatic rings. The van der Waals surface area contributed by atoms with Crippen molar-refractivity contribution in [1.29, 1.82) is 0 Å². The Bertz CT molecular complexity index is 1070. The number of hydrogen-bond donors (Lipinski definition) is 1. The maximum Gasteiger partial charge on any atom is 0.341 e. The lowest BCUT2D eigenvalue weighted by Crippen LogP contribution is -2.50. The number of anilines is 2. The molecule has 1 aliphatic rings. The fourth-order valence-electron chi connectivity index (χ4n) is 3.57. The number of amides is 2. The average Bonchev–Trinajstić information content (AvgIpc) is 2.60. The number of fused-ring (bicyclic) bond motifs is 1. The fraction of sp³-hybridized carbons (Fsp3) is 0.333. The zero-order valence-corrected chi connectivity index (χ0v) is 18.3. The molecule has 0 bridgehead atoms. The van der Waals surface area contributed by atoms with Crippen molar-refractivity contribution in [3.63, 3.8) is 0 Å². The molecule has 0 fully saturated rings. The normalized spacial score (nSPS) is 15.6. The van der Waals surface area contributed by atoms with E-state index in [1.165, 1.54) is 18.7 Å². The van der Waals surface area contributed by atoms with Crippen LogP contribution in [-0.2, 0) is 19.3 Å². The molecule has 6 nitrogen and oxygen atoms in total. The van der Waals surface area contributed by atoms with Crippen molar-refractivity contribution in [1.82, 2.24) is 0 Å². The van der Waals surface area contributed by atoms with Crippen LogP contribution in [0.1, 0.15) is 50.0 Å². The SMILES string of the molecule is CC1(C)CC(=O)N(C(C)(C)P(=O)=O)c2cc(C(=O)Nc3cccc(Cl)c3)ccc21. The van der Waals surface area contributed by atoms with Crippen molar-refractivity contribution in [2.24, 2.45) is 0 Å². The van der Waals surface area contributed by atoms with Gasteiger partial charge in [0.05, 0.1) is 0 Å². The summed E-state index contributed by atoms with van der Waals surface area (Å²) in [4.78, 5) is 26.9. The lowest BCUT2D eigenvalue weighted by molar-refractivity contribution is -0.120. The highest BCUT2D eigenvalue weighted by Crippen LogP contribution is 2.46. The molecule has 8 heteroatoms. The van der Waals surface area contributed by atoms with Crippen LogP contribution in [0.4, 0.5) is 11.4 Å². The van der Waals surface area contributed by atoms with Gasteiger partial charge in [0.15, 0.2) is 5.28 Å². The van der Waals surface area contributed by atoms with E-state index in [1.54, 1.807) is 42.5 Å². The number of rotatable bonds is 4. The minimum Gasteiger partial charge on any atom is -0.322 e. The van der Waals surface area contributed by atoms with E-state index < -0.39 is 18.4 Å². The monoisotopic (exact) mass is 432 g/mol. The van der Waals surface area contributed by atoms with Crippen LogP contribution in [-0.4, -0.2) is 17.1 Å². The molecule has 0 aliphatic carbocycles. The average molecular weight is 433 g/mol. The van der Waals surface area contributed by atoms with Gasteiger partial charge in [0, 0.05) is 33.8 Å². The third-order valence-corrected chi connectivity index (χ3v) is 6.48. The van der Waals surface area contributed by atoms with E-state index in [9.17, 15) is 18.7 Å². The fourth-order valence-corrected chi connectivity index (χ4v) is 4.14. The molecule has 2 aromatic carbocycles. The van der Waals surface area contributed by atoms with Crippen molar-refractivity contribution in [3.8, 4) is 0 Å². The van der Waals surface area contributed by atoms with E-state index in [0.29, 0.717) is 22.0 Å². The molecular weight excluding hydrogens is 411 g/mol. The number of nitrogens with zero attached hydrogens (tertiary/aromatic N) is 1. The lowest BCUT2D eigenvalue weighted by atomic mass is 9.76. The highest BCUT2D eigenvalue weighted by atomic mass is 35.5. The topological polar surface area (TPSA) is 83.6 Å². The summed E-state index contributed by atoms with van der Waals surface area (Å²) >= 11 is 5.96. The molecule has 1 heterocycles. The molecule has 0 saturated carbocycles. The van der Waals surface area contributed by atoms with Crippen LogP contribution < -0.4 is 10.2 Å². The van der Waals surface area contributed by atoms with Gasteiger partial charge in [-0.2, -0.15) is 0 Å². The Morgan fingerprint density at radius 2 is 1.86 bits per heavy atom. The Hall–Kier alpha value is -2.43. The third-order valence-electron chi connectivity index (χ3n) is 5.15. The Balaban J connectivity index is 2.07. The molecule has 0 atom stereocenters. The lowest BCUT2D eigenvalue weighted by Gasteiger charge is -2.43. The smallest absolute Gasteiger partial charge is 0.322 e. The molecule has 1 N–H and O–H groups in total. The summed E-state index contributed by atoms with van der Waals surface area (Å²) in [5, 5.41) is 1.84. The number of nitrogens with one attached hydrogen (secondary N) is 1. The number of benzene rings is 2. The molecule has 0 unspecified atom stereocenters. The highest BCUT2D eigenvalue weighted by molar-refractivity contribution is 7.33. The summed E-state index contributed by atoms with van der Waals surface area (Å²) in [5.74, 6) is -0.672. The minimum absolute atomic E-state index is 0.181. The maximum atomic E-state index is 12.9. The number of carbonyl (C=O) groups is 2. The van der Waals surface area contributed by atoms with E-state index in [0.717, 1.165) is 5.56 Å². The molecule has 1 aliphatic heterocycles. The van der Waals surface area contributed by atoms with Gasteiger partial charge >= 0.3 is 7.68 Å². The van der Waals surface area contributed by atoms with Crippen LogP contribution in [0.2, 0.25) is 5.02 Å². The van der Waals surface area contributed by atoms with Gasteiger partial charge in [0.2, 0.25) is 5.91 Å². The van der Waals surface area contributed by atoms with E-state index in [4.69, 9.17) is 11.6 Å². The van der Waals surface area contributed by atoms with Gasteiger partial charge in [-0.25, -0.2) is 9.13 Å². The molecule has 29 heavy (non-hydrogen) atoms. The molecule has 152 valence electrons. The van der Waals surface area contributed by atoms with Crippen molar-refractivity contribution in [2.75, 3.05) is 10.2 Å². The van der Waals surface area contributed by atoms with Gasteiger partial charge in [-0.1, -0.05) is 37.6 Å². The zero-order valence-electron chi connectivity index (χ0n) is 16.7. The predicted molar refractivity (Wildman–Crippen MR) is 113 cm³/mol. The second-order valence-electron chi connectivity index (χ2n) is 8.24. The standard InChI is InChI=1S/C21H22ClN2O4P/c1-20(2)12-18(25)24(21(3,4)29(27)28)17-10-13(8-9-16(17)20)19(26)23-15-7-5-6-14(22)11-15/h5-11H,12H2,1-4H3,(H,23,26). The van der Waals surface area contributed by atoms with Crippen LogP contribution in [0, 0.1) is 0 Å². The number of carbonyl (C=O) groups excluding carboxylic acids is 2. The van der Waals surface area contributed by atoms with Crippen LogP contribution >= 0.6 is 19.3 Å². The maximum absolute atomic E-state index is 12.9. The van der Waals surface area contributed by atoms with Crippen molar-refractivity contribution in [3.05, 3.63) is 58.6 Å². The molecular formula is C21H22ClN2O4P. The van der Waals surface area contributed by atoms with Crippen molar-refractivity contribution < 1.29 is 18.7 Å². The van der Waals surface area contributed by atoms with E-state index in [-0.39, 0.29) is 18.2 Å². The van der Waals surface area contributed by atoms with E-state index >= 15 is 0 Å². The van der Waals surface area contributed by atoms with Gasteiger partial charge in [-0.05, 0) is 49.7 Å². The van der Waals surface area contributed by atoms with Gasteiger partial charge in [-0.15, -0.1) is 0 Å². The van der Waals surface area contributed by atoms with E-state index in [2.05, 4.69) is 5.32 Å². The number of halogens is 1. The first-order chi connectivity index (χ1) is 13.4. The summed E-state index contributed by atoms with van der Waals surface area (Å²) < 4.78 is 23.8. The molecule has 0 radical (unpaired) electrons. The summed E-state index contributed by atoms with van der Waals surface area (Å²) in [7, 11) is -2.93. The van der Waals surface area contributed by atoms with Crippen LogP contribution in [0.15, 0.2) is 42.5 Å².